The van der Waals surface area contributed by atoms with Gasteiger partial charge in [0.1, 0.15) is 18.1 Å². The van der Waals surface area contributed by atoms with Crippen LogP contribution in [-0.4, -0.2) is 59.1 Å². The van der Waals surface area contributed by atoms with E-state index >= 15 is 0 Å². The van der Waals surface area contributed by atoms with Crippen LogP contribution in [0.3, 0.4) is 0 Å². The molecule has 4 rings (SSSR count). The Kier molecular flexibility index (Phi) is 6.63. The summed E-state index contributed by atoms with van der Waals surface area (Å²) in [6.45, 7) is 2.43. The van der Waals surface area contributed by atoms with E-state index in [-0.39, 0.29) is 11.8 Å². The SMILES string of the molecule is COCCOc1ccc(-c2noc([C@H]3CCCN3Cc3ccc(OC)cc3O)n2)cn1. The van der Waals surface area contributed by atoms with Crippen molar-refractivity contribution in [3.63, 3.8) is 0 Å². The first kappa shape index (κ1) is 21.1. The Hall–Kier alpha value is -3.17. The van der Waals surface area contributed by atoms with Crippen LogP contribution in [-0.2, 0) is 11.3 Å². The lowest BCUT2D eigenvalue weighted by molar-refractivity contribution is 0.144. The van der Waals surface area contributed by atoms with Gasteiger partial charge in [0.25, 0.3) is 0 Å². The normalized spacial score (nSPS) is 16.5. The first-order valence-electron chi connectivity index (χ1n) is 10.2. The molecule has 0 bridgehead atoms. The Morgan fingerprint density at radius 1 is 1.19 bits per heavy atom. The molecule has 0 spiro atoms. The van der Waals surface area contributed by atoms with Crippen LogP contribution in [0.15, 0.2) is 41.1 Å². The number of aromatic hydroxyl groups is 1. The molecule has 0 saturated carbocycles. The van der Waals surface area contributed by atoms with Gasteiger partial charge >= 0.3 is 0 Å². The molecule has 9 heteroatoms. The van der Waals surface area contributed by atoms with Crippen LogP contribution in [0.4, 0.5) is 0 Å². The highest BCUT2D eigenvalue weighted by Crippen LogP contribution is 2.35. The van der Waals surface area contributed by atoms with E-state index in [1.807, 2.05) is 18.2 Å². The number of phenols is 1. The highest BCUT2D eigenvalue weighted by atomic mass is 16.5. The lowest BCUT2D eigenvalue weighted by atomic mass is 10.1. The summed E-state index contributed by atoms with van der Waals surface area (Å²) in [5, 5.41) is 14.4. The second-order valence-corrected chi connectivity index (χ2v) is 7.31. The Bertz CT molecular complexity index is 992. The number of hydrogen-bond donors (Lipinski definition) is 1. The molecule has 1 N–H and O–H groups in total. The van der Waals surface area contributed by atoms with Crippen molar-refractivity contribution in [3.05, 3.63) is 48.0 Å². The predicted octanol–water partition coefficient (Wildman–Crippen LogP) is 3.21. The largest absolute Gasteiger partial charge is 0.507 e. The van der Waals surface area contributed by atoms with Gasteiger partial charge in [0.2, 0.25) is 17.6 Å². The van der Waals surface area contributed by atoms with Gasteiger partial charge in [0.05, 0.1) is 19.8 Å². The number of rotatable bonds is 9. The molecule has 0 amide bonds. The van der Waals surface area contributed by atoms with Crippen LogP contribution in [0.1, 0.15) is 30.3 Å². The van der Waals surface area contributed by atoms with Crippen LogP contribution in [0.25, 0.3) is 11.4 Å². The first-order chi connectivity index (χ1) is 15.2. The molecule has 0 aliphatic carbocycles. The third-order valence-corrected chi connectivity index (χ3v) is 5.29. The van der Waals surface area contributed by atoms with E-state index in [1.54, 1.807) is 32.5 Å². The van der Waals surface area contributed by atoms with Gasteiger partial charge < -0.3 is 23.8 Å². The maximum atomic E-state index is 10.3. The summed E-state index contributed by atoms with van der Waals surface area (Å²) >= 11 is 0. The summed E-state index contributed by atoms with van der Waals surface area (Å²) in [7, 11) is 3.20. The number of aromatic nitrogens is 3. The van der Waals surface area contributed by atoms with Gasteiger partial charge in [-0.15, -0.1) is 0 Å². The number of hydrogen-bond acceptors (Lipinski definition) is 9. The molecule has 0 radical (unpaired) electrons. The number of methoxy groups -OCH3 is 2. The molecule has 0 unspecified atom stereocenters. The number of pyridine rings is 1. The van der Waals surface area contributed by atoms with E-state index in [4.69, 9.17) is 18.7 Å². The lowest BCUT2D eigenvalue weighted by Crippen LogP contribution is -2.23. The lowest BCUT2D eigenvalue weighted by Gasteiger charge is -2.22. The molecule has 2 aromatic heterocycles. The van der Waals surface area contributed by atoms with Gasteiger partial charge in [-0.1, -0.05) is 11.2 Å². The summed E-state index contributed by atoms with van der Waals surface area (Å²) < 4.78 is 21.2. The molecule has 9 nitrogen and oxygen atoms in total. The fraction of sp³-hybridized carbons (Fsp3) is 0.409. The summed E-state index contributed by atoms with van der Waals surface area (Å²) in [6.07, 6.45) is 3.61. The fourth-order valence-corrected chi connectivity index (χ4v) is 3.63. The average molecular weight is 426 g/mol. The molecule has 1 aromatic carbocycles. The molecule has 1 saturated heterocycles. The zero-order valence-corrected chi connectivity index (χ0v) is 17.7. The van der Waals surface area contributed by atoms with Crippen molar-refractivity contribution >= 4 is 0 Å². The molecule has 31 heavy (non-hydrogen) atoms. The summed E-state index contributed by atoms with van der Waals surface area (Å²) in [5.41, 5.74) is 1.59. The van der Waals surface area contributed by atoms with E-state index in [9.17, 15) is 5.11 Å². The second-order valence-electron chi connectivity index (χ2n) is 7.31. The Labute approximate surface area is 180 Å². The van der Waals surface area contributed by atoms with Crippen LogP contribution >= 0.6 is 0 Å². The van der Waals surface area contributed by atoms with E-state index in [1.165, 1.54) is 0 Å². The number of likely N-dealkylation sites (tertiary alicyclic amines) is 1. The van der Waals surface area contributed by atoms with Crippen molar-refractivity contribution in [1.29, 1.82) is 0 Å². The minimum atomic E-state index is 0.00682. The van der Waals surface area contributed by atoms with Gasteiger partial charge in [0, 0.05) is 43.1 Å². The number of ether oxygens (including phenoxy) is 3. The zero-order chi connectivity index (χ0) is 21.6. The molecular formula is C22H26N4O5. The highest BCUT2D eigenvalue weighted by molar-refractivity contribution is 5.53. The molecule has 1 atom stereocenters. The Morgan fingerprint density at radius 3 is 2.84 bits per heavy atom. The summed E-state index contributed by atoms with van der Waals surface area (Å²) in [6, 6.07) is 8.99. The number of benzene rings is 1. The van der Waals surface area contributed by atoms with Crippen molar-refractivity contribution in [3.8, 4) is 28.8 Å². The van der Waals surface area contributed by atoms with E-state index in [0.29, 0.717) is 43.1 Å². The van der Waals surface area contributed by atoms with Crippen LogP contribution in [0.2, 0.25) is 0 Å². The number of phenolic OH excluding ortho intramolecular Hbond substituents is 1. The molecule has 3 heterocycles. The molecule has 164 valence electrons. The van der Waals surface area contributed by atoms with Crippen LogP contribution in [0.5, 0.6) is 17.4 Å². The third kappa shape index (κ3) is 4.95. The van der Waals surface area contributed by atoms with Gasteiger partial charge in [-0.05, 0) is 31.5 Å². The van der Waals surface area contributed by atoms with Gasteiger partial charge in [-0.3, -0.25) is 4.90 Å². The van der Waals surface area contributed by atoms with Crippen molar-refractivity contribution in [2.24, 2.45) is 0 Å². The van der Waals surface area contributed by atoms with E-state index in [2.05, 4.69) is 20.0 Å². The highest BCUT2D eigenvalue weighted by Gasteiger charge is 2.31. The molecule has 1 fully saturated rings. The Balaban J connectivity index is 1.44. The smallest absolute Gasteiger partial charge is 0.244 e. The van der Waals surface area contributed by atoms with Gasteiger partial charge in [-0.2, -0.15) is 4.98 Å². The van der Waals surface area contributed by atoms with Crippen molar-refractivity contribution in [2.45, 2.75) is 25.4 Å². The van der Waals surface area contributed by atoms with Gasteiger partial charge in [-0.25, -0.2) is 4.98 Å². The molecule has 3 aromatic rings. The van der Waals surface area contributed by atoms with Crippen LogP contribution < -0.4 is 9.47 Å². The topological polar surface area (TPSA) is 103 Å². The van der Waals surface area contributed by atoms with Gasteiger partial charge in [0.15, 0.2) is 0 Å². The zero-order valence-electron chi connectivity index (χ0n) is 17.7. The first-order valence-corrected chi connectivity index (χ1v) is 10.2. The monoisotopic (exact) mass is 426 g/mol. The van der Waals surface area contributed by atoms with Crippen molar-refractivity contribution in [2.75, 3.05) is 34.0 Å². The molecule has 1 aliphatic rings. The summed E-state index contributed by atoms with van der Waals surface area (Å²) in [5.74, 6) is 2.43. The summed E-state index contributed by atoms with van der Waals surface area (Å²) in [4.78, 5) is 11.1. The Morgan fingerprint density at radius 2 is 2.10 bits per heavy atom. The van der Waals surface area contributed by atoms with Crippen LogP contribution in [0, 0.1) is 0 Å². The molecular weight excluding hydrogens is 400 g/mol. The third-order valence-electron chi connectivity index (χ3n) is 5.29. The minimum Gasteiger partial charge on any atom is -0.507 e. The van der Waals surface area contributed by atoms with E-state index in [0.717, 1.165) is 30.5 Å². The molecule has 1 aliphatic heterocycles. The minimum absolute atomic E-state index is 0.00682. The predicted molar refractivity (Wildman–Crippen MR) is 112 cm³/mol. The maximum Gasteiger partial charge on any atom is 0.244 e. The van der Waals surface area contributed by atoms with Crippen molar-refractivity contribution < 1.29 is 23.8 Å². The second kappa shape index (κ2) is 9.76. The maximum absolute atomic E-state index is 10.3. The average Bonchev–Trinajstić information content (AvgIpc) is 3.45. The quantitative estimate of drug-likeness (QED) is 0.517. The van der Waals surface area contributed by atoms with Crippen molar-refractivity contribution in [1.82, 2.24) is 20.0 Å². The fourth-order valence-electron chi connectivity index (χ4n) is 3.63. The number of nitrogens with zero attached hydrogens (tertiary/aromatic N) is 4. The standard InChI is InChI=1S/C22H26N4O5/c1-28-10-11-30-20-8-6-15(13-23-20)21-24-22(31-25-21)18-4-3-9-26(18)14-16-5-7-17(29-2)12-19(16)27/h5-8,12-13,18,27H,3-4,9-11,14H2,1-2H3/t18-/m1/s1. The van der Waals surface area contributed by atoms with E-state index < -0.39 is 0 Å².